The predicted molar refractivity (Wildman–Crippen MR) is 64.7 cm³/mol. The van der Waals surface area contributed by atoms with Crippen LogP contribution >= 0.6 is 0 Å². The molecule has 0 aromatic carbocycles. The summed E-state index contributed by atoms with van der Waals surface area (Å²) in [5.41, 5.74) is 0. The zero-order valence-electron chi connectivity index (χ0n) is 10.9. The molecule has 0 aliphatic carbocycles. The van der Waals surface area contributed by atoms with E-state index in [4.69, 9.17) is 28.4 Å². The molecule has 1 aliphatic rings. The molecular formula is C12H24O6. The van der Waals surface area contributed by atoms with E-state index in [1.54, 1.807) is 0 Å². The molecule has 108 valence electrons. The normalized spacial score (nSPS) is 24.0. The summed E-state index contributed by atoms with van der Waals surface area (Å²) in [6.45, 7) is 6.30. The third-order valence-corrected chi connectivity index (χ3v) is 2.23. The fraction of sp³-hybridized carbons (Fsp3) is 1.00. The van der Waals surface area contributed by atoms with Crippen LogP contribution in [0.5, 0.6) is 0 Å². The summed E-state index contributed by atoms with van der Waals surface area (Å²) in [6, 6.07) is 0. The van der Waals surface area contributed by atoms with Gasteiger partial charge in [0.15, 0.2) is 0 Å². The second kappa shape index (κ2) is 13.2. The van der Waals surface area contributed by atoms with E-state index in [0.29, 0.717) is 72.9 Å². The smallest absolute Gasteiger partial charge is 0.146 e. The molecule has 0 amide bonds. The quantitative estimate of drug-likeness (QED) is 0.633. The molecular weight excluding hydrogens is 240 g/mol. The zero-order chi connectivity index (χ0) is 12.7. The number of ether oxygens (including phenoxy) is 6. The standard InChI is InChI=1S/C12H24O6/c1-2-13-4-5-14-6-7-15-8-9-16-10-11-18-12-17-3-1/h1-12H2. The van der Waals surface area contributed by atoms with E-state index in [2.05, 4.69) is 0 Å². The molecule has 6 nitrogen and oxygen atoms in total. The van der Waals surface area contributed by atoms with Gasteiger partial charge in [-0.05, 0) is 6.42 Å². The van der Waals surface area contributed by atoms with Crippen LogP contribution in [0.4, 0.5) is 0 Å². The van der Waals surface area contributed by atoms with Crippen LogP contribution in [0.15, 0.2) is 0 Å². The molecule has 0 aromatic rings. The first-order chi connectivity index (χ1) is 9.00. The minimum Gasteiger partial charge on any atom is -0.379 e. The molecule has 6 heteroatoms. The SMILES string of the molecule is C1COCCOCCOCCOCCOCOC1. The Kier molecular flexibility index (Phi) is 11.6. The van der Waals surface area contributed by atoms with Crippen molar-refractivity contribution >= 4 is 0 Å². The van der Waals surface area contributed by atoms with Gasteiger partial charge in [0.1, 0.15) is 6.79 Å². The molecule has 0 bridgehead atoms. The highest BCUT2D eigenvalue weighted by molar-refractivity contribution is 4.37. The van der Waals surface area contributed by atoms with E-state index < -0.39 is 0 Å². The summed E-state index contributed by atoms with van der Waals surface area (Å²) in [7, 11) is 0. The van der Waals surface area contributed by atoms with Gasteiger partial charge in [0, 0.05) is 6.61 Å². The van der Waals surface area contributed by atoms with E-state index in [0.717, 1.165) is 6.42 Å². The summed E-state index contributed by atoms with van der Waals surface area (Å²) in [4.78, 5) is 0. The second-order valence-corrected chi connectivity index (χ2v) is 3.74. The van der Waals surface area contributed by atoms with E-state index in [9.17, 15) is 0 Å². The maximum atomic E-state index is 5.37. The van der Waals surface area contributed by atoms with Crippen molar-refractivity contribution in [2.24, 2.45) is 0 Å². The van der Waals surface area contributed by atoms with Gasteiger partial charge in [0.25, 0.3) is 0 Å². The Labute approximate surface area is 108 Å². The van der Waals surface area contributed by atoms with Crippen molar-refractivity contribution in [3.63, 3.8) is 0 Å². The fourth-order valence-corrected chi connectivity index (χ4v) is 1.32. The molecule has 0 N–H and O–H groups in total. The third kappa shape index (κ3) is 10.9. The highest BCUT2D eigenvalue weighted by Gasteiger charge is 1.95. The van der Waals surface area contributed by atoms with Gasteiger partial charge in [-0.25, -0.2) is 0 Å². The first-order valence-electron chi connectivity index (χ1n) is 6.46. The largest absolute Gasteiger partial charge is 0.379 e. The fourth-order valence-electron chi connectivity index (χ4n) is 1.32. The van der Waals surface area contributed by atoms with Crippen molar-refractivity contribution in [1.82, 2.24) is 0 Å². The third-order valence-electron chi connectivity index (χ3n) is 2.23. The van der Waals surface area contributed by atoms with E-state index in [1.165, 1.54) is 0 Å². The molecule has 18 heavy (non-hydrogen) atoms. The van der Waals surface area contributed by atoms with Crippen LogP contribution in [0.3, 0.4) is 0 Å². The lowest BCUT2D eigenvalue weighted by Crippen LogP contribution is -2.15. The predicted octanol–water partition coefficient (Wildman–Crippen LogP) is 0.447. The Hall–Kier alpha value is -0.240. The van der Waals surface area contributed by atoms with Crippen LogP contribution in [0.25, 0.3) is 0 Å². The van der Waals surface area contributed by atoms with Crippen molar-refractivity contribution in [1.29, 1.82) is 0 Å². The lowest BCUT2D eigenvalue weighted by Gasteiger charge is -2.09. The Morgan fingerprint density at radius 2 is 0.667 bits per heavy atom. The molecule has 0 unspecified atom stereocenters. The van der Waals surface area contributed by atoms with E-state index in [1.807, 2.05) is 0 Å². The zero-order valence-corrected chi connectivity index (χ0v) is 10.9. The Morgan fingerprint density at radius 1 is 0.333 bits per heavy atom. The molecule has 1 saturated heterocycles. The summed E-state index contributed by atoms with van der Waals surface area (Å²) in [5.74, 6) is 0. The first kappa shape index (κ1) is 15.8. The van der Waals surface area contributed by atoms with Gasteiger partial charge in [-0.15, -0.1) is 0 Å². The minimum absolute atomic E-state index is 0.309. The van der Waals surface area contributed by atoms with Gasteiger partial charge in [-0.1, -0.05) is 0 Å². The molecule has 1 fully saturated rings. The monoisotopic (exact) mass is 264 g/mol. The molecule has 1 heterocycles. The van der Waals surface area contributed by atoms with Crippen molar-refractivity contribution < 1.29 is 28.4 Å². The Morgan fingerprint density at radius 3 is 1.22 bits per heavy atom. The van der Waals surface area contributed by atoms with Crippen LogP contribution in [-0.2, 0) is 28.4 Å². The first-order valence-corrected chi connectivity index (χ1v) is 6.46. The molecule has 1 aliphatic heterocycles. The molecule has 0 saturated carbocycles. The van der Waals surface area contributed by atoms with Crippen LogP contribution in [-0.4, -0.2) is 72.9 Å². The van der Waals surface area contributed by atoms with Crippen LogP contribution in [0, 0.1) is 0 Å². The summed E-state index contributed by atoms with van der Waals surface area (Å²) < 4.78 is 31.8. The van der Waals surface area contributed by atoms with Crippen LogP contribution < -0.4 is 0 Å². The number of hydrogen-bond donors (Lipinski definition) is 0. The van der Waals surface area contributed by atoms with Gasteiger partial charge in [-0.3, -0.25) is 0 Å². The van der Waals surface area contributed by atoms with E-state index >= 15 is 0 Å². The topological polar surface area (TPSA) is 55.4 Å². The van der Waals surface area contributed by atoms with Crippen molar-refractivity contribution in [3.8, 4) is 0 Å². The summed E-state index contributed by atoms with van der Waals surface area (Å²) in [6.07, 6.45) is 0.864. The summed E-state index contributed by atoms with van der Waals surface area (Å²) >= 11 is 0. The minimum atomic E-state index is 0.309. The maximum absolute atomic E-state index is 5.37. The molecule has 0 spiro atoms. The van der Waals surface area contributed by atoms with Gasteiger partial charge in [0.05, 0.1) is 59.5 Å². The molecule has 0 radical (unpaired) electrons. The molecule has 1 rings (SSSR count). The van der Waals surface area contributed by atoms with Gasteiger partial charge >= 0.3 is 0 Å². The average molecular weight is 264 g/mol. The second-order valence-electron chi connectivity index (χ2n) is 3.74. The number of hydrogen-bond acceptors (Lipinski definition) is 6. The number of rotatable bonds is 0. The highest BCUT2D eigenvalue weighted by Crippen LogP contribution is 1.89. The van der Waals surface area contributed by atoms with Crippen LogP contribution in [0.2, 0.25) is 0 Å². The lowest BCUT2D eigenvalue weighted by atomic mass is 10.5. The Balaban J connectivity index is 2.00. The average Bonchev–Trinajstić information content (AvgIpc) is 2.39. The van der Waals surface area contributed by atoms with Crippen molar-refractivity contribution in [3.05, 3.63) is 0 Å². The van der Waals surface area contributed by atoms with Crippen molar-refractivity contribution in [2.45, 2.75) is 6.42 Å². The molecule has 0 aromatic heterocycles. The van der Waals surface area contributed by atoms with E-state index in [-0.39, 0.29) is 0 Å². The molecule has 0 atom stereocenters. The maximum Gasteiger partial charge on any atom is 0.146 e. The van der Waals surface area contributed by atoms with Crippen molar-refractivity contribution in [2.75, 3.05) is 72.9 Å². The van der Waals surface area contributed by atoms with Crippen LogP contribution in [0.1, 0.15) is 6.42 Å². The lowest BCUT2D eigenvalue weighted by molar-refractivity contribution is -0.0787. The van der Waals surface area contributed by atoms with Gasteiger partial charge < -0.3 is 28.4 Å². The highest BCUT2D eigenvalue weighted by atomic mass is 16.7. The van der Waals surface area contributed by atoms with Gasteiger partial charge in [0.2, 0.25) is 0 Å². The van der Waals surface area contributed by atoms with Gasteiger partial charge in [-0.2, -0.15) is 0 Å². The summed E-state index contributed by atoms with van der Waals surface area (Å²) in [5, 5.41) is 0. The Bertz CT molecular complexity index is 91.6.